The van der Waals surface area contributed by atoms with Crippen LogP contribution in [0.15, 0.2) is 82.8 Å². The number of benzene rings is 3. The van der Waals surface area contributed by atoms with Crippen LogP contribution in [0.25, 0.3) is 0 Å². The Balaban J connectivity index is 1.71. The summed E-state index contributed by atoms with van der Waals surface area (Å²) in [6, 6.07) is 17.5. The summed E-state index contributed by atoms with van der Waals surface area (Å²) < 4.78 is 72.9. The average molecular weight is 518 g/mol. The largest absolute Gasteiger partial charge is 0.497 e. The van der Waals surface area contributed by atoms with E-state index in [4.69, 9.17) is 4.74 Å². The third-order valence-corrected chi connectivity index (χ3v) is 8.61. The first-order valence-electron chi connectivity index (χ1n) is 10.8. The summed E-state index contributed by atoms with van der Waals surface area (Å²) in [5.74, 6) is 0.0323. The van der Waals surface area contributed by atoms with E-state index in [9.17, 15) is 21.2 Å². The molecule has 0 spiro atoms. The molecule has 8 nitrogen and oxygen atoms in total. The Morgan fingerprint density at radius 3 is 2.17 bits per heavy atom. The van der Waals surface area contributed by atoms with Crippen molar-refractivity contribution in [2.24, 2.45) is 5.10 Å². The van der Waals surface area contributed by atoms with E-state index in [0.717, 1.165) is 4.41 Å². The van der Waals surface area contributed by atoms with Crippen molar-refractivity contribution in [2.75, 3.05) is 17.6 Å². The summed E-state index contributed by atoms with van der Waals surface area (Å²) in [5, 5.41) is 4.45. The van der Waals surface area contributed by atoms with E-state index in [-0.39, 0.29) is 17.1 Å². The molecule has 0 saturated heterocycles. The second kappa shape index (κ2) is 9.67. The number of ether oxygens (including phenoxy) is 1. The van der Waals surface area contributed by atoms with E-state index in [2.05, 4.69) is 9.82 Å². The van der Waals surface area contributed by atoms with E-state index < -0.39 is 31.9 Å². The Labute approximate surface area is 204 Å². The third-order valence-electron chi connectivity index (χ3n) is 5.60. The molecule has 1 aliphatic heterocycles. The number of halogens is 1. The fourth-order valence-electron chi connectivity index (χ4n) is 3.66. The highest BCUT2D eigenvalue weighted by Gasteiger charge is 2.37. The van der Waals surface area contributed by atoms with Gasteiger partial charge >= 0.3 is 0 Å². The zero-order valence-corrected chi connectivity index (χ0v) is 20.7. The molecule has 1 N–H and O–H groups in total. The van der Waals surface area contributed by atoms with Gasteiger partial charge in [-0.3, -0.25) is 4.72 Å². The Morgan fingerprint density at radius 1 is 0.971 bits per heavy atom. The van der Waals surface area contributed by atoms with Gasteiger partial charge in [0.2, 0.25) is 10.0 Å². The molecule has 0 amide bonds. The molecule has 11 heteroatoms. The highest BCUT2D eigenvalue weighted by atomic mass is 32.2. The first kappa shape index (κ1) is 24.7. The number of hydrogen-bond acceptors (Lipinski definition) is 6. The second-order valence-electron chi connectivity index (χ2n) is 7.85. The van der Waals surface area contributed by atoms with Crippen molar-refractivity contribution < 1.29 is 26.0 Å². The van der Waals surface area contributed by atoms with Crippen molar-refractivity contribution in [3.63, 3.8) is 0 Å². The van der Waals surface area contributed by atoms with Crippen LogP contribution < -0.4 is 9.46 Å². The van der Waals surface area contributed by atoms with Gasteiger partial charge < -0.3 is 4.74 Å². The highest BCUT2D eigenvalue weighted by Crippen LogP contribution is 2.37. The minimum atomic E-state index is -4.04. The molecule has 1 atom stereocenters. The number of hydrogen-bond donors (Lipinski definition) is 1. The number of nitrogens with one attached hydrogen (secondary N) is 1. The van der Waals surface area contributed by atoms with E-state index in [1.807, 2.05) is 0 Å². The topological polar surface area (TPSA) is 105 Å². The van der Waals surface area contributed by atoms with Gasteiger partial charge in [-0.2, -0.15) is 17.9 Å². The van der Waals surface area contributed by atoms with Crippen LogP contribution >= 0.6 is 0 Å². The molecule has 3 aromatic rings. The van der Waals surface area contributed by atoms with Crippen molar-refractivity contribution in [3.8, 4) is 5.75 Å². The molecule has 0 unspecified atom stereocenters. The standard InChI is InChI=1S/C24H24FN3O5S2/c1-3-34(29,30)27-20-10-6-17(7-11-20)23-16-24(18-4-8-19(25)9-5-18)28(26-23)35(31,32)22-14-12-21(33-2)13-15-22/h4-15,24,27H,3,16H2,1-2H3/t24-/m1/s1. The molecule has 1 aliphatic rings. The zero-order valence-electron chi connectivity index (χ0n) is 19.0. The van der Waals surface area contributed by atoms with Crippen molar-refractivity contribution in [1.29, 1.82) is 0 Å². The van der Waals surface area contributed by atoms with E-state index in [1.54, 1.807) is 36.4 Å². The second-order valence-corrected chi connectivity index (χ2v) is 11.7. The summed E-state index contributed by atoms with van der Waals surface area (Å²) in [6.07, 6.45) is 0.251. The molecule has 4 rings (SSSR count). The van der Waals surface area contributed by atoms with Crippen LogP contribution in [-0.4, -0.2) is 39.8 Å². The van der Waals surface area contributed by atoms with Crippen LogP contribution in [0.4, 0.5) is 10.1 Å². The predicted octanol–water partition coefficient (Wildman–Crippen LogP) is 4.14. The fourth-order valence-corrected chi connectivity index (χ4v) is 5.73. The van der Waals surface area contributed by atoms with Crippen LogP contribution in [0, 0.1) is 5.82 Å². The van der Waals surface area contributed by atoms with E-state index in [1.165, 1.54) is 50.4 Å². The lowest BCUT2D eigenvalue weighted by atomic mass is 9.99. The van der Waals surface area contributed by atoms with E-state index in [0.29, 0.717) is 28.3 Å². The number of sulfonamides is 2. The number of methoxy groups -OCH3 is 1. The fraction of sp³-hybridized carbons (Fsp3) is 0.208. The summed E-state index contributed by atoms with van der Waals surface area (Å²) in [7, 11) is -5.98. The van der Waals surface area contributed by atoms with E-state index >= 15 is 0 Å². The lowest BCUT2D eigenvalue weighted by Gasteiger charge is -2.23. The van der Waals surface area contributed by atoms with Gasteiger partial charge in [0.05, 0.1) is 29.5 Å². The molecule has 0 radical (unpaired) electrons. The Hall–Kier alpha value is -3.44. The quantitative estimate of drug-likeness (QED) is 0.484. The van der Waals surface area contributed by atoms with Gasteiger partial charge in [-0.15, -0.1) is 0 Å². The maximum Gasteiger partial charge on any atom is 0.279 e. The van der Waals surface area contributed by atoms with Crippen molar-refractivity contribution in [2.45, 2.75) is 24.3 Å². The number of nitrogens with zero attached hydrogens (tertiary/aromatic N) is 2. The lowest BCUT2D eigenvalue weighted by molar-refractivity contribution is 0.371. The Kier molecular flexibility index (Phi) is 6.82. The molecule has 184 valence electrons. The van der Waals surface area contributed by atoms with Crippen LogP contribution in [-0.2, 0) is 20.0 Å². The van der Waals surface area contributed by atoms with Crippen molar-refractivity contribution in [3.05, 3.63) is 89.7 Å². The first-order valence-corrected chi connectivity index (χ1v) is 13.8. The third kappa shape index (κ3) is 5.30. The van der Waals surface area contributed by atoms with Crippen LogP contribution in [0.3, 0.4) is 0 Å². The maximum atomic E-state index is 13.5. The van der Waals surface area contributed by atoms with Gasteiger partial charge in [-0.05, 0) is 66.6 Å². The monoisotopic (exact) mass is 517 g/mol. The van der Waals surface area contributed by atoms with Gasteiger partial charge in [0, 0.05) is 12.1 Å². The van der Waals surface area contributed by atoms with Gasteiger partial charge in [-0.1, -0.05) is 24.3 Å². The van der Waals surface area contributed by atoms with Gasteiger partial charge in [-0.25, -0.2) is 12.8 Å². The van der Waals surface area contributed by atoms with Gasteiger partial charge in [0.1, 0.15) is 11.6 Å². The summed E-state index contributed by atoms with van der Waals surface area (Å²) in [5.41, 5.74) is 2.13. The molecule has 35 heavy (non-hydrogen) atoms. The maximum absolute atomic E-state index is 13.5. The Morgan fingerprint density at radius 2 is 1.60 bits per heavy atom. The number of hydrazone groups is 1. The Bertz CT molecular complexity index is 1440. The molecule has 3 aromatic carbocycles. The normalized spacial score (nSPS) is 16.1. The zero-order chi connectivity index (χ0) is 25.2. The average Bonchev–Trinajstić information content (AvgIpc) is 3.31. The van der Waals surface area contributed by atoms with Gasteiger partial charge in [0.15, 0.2) is 0 Å². The molecular formula is C24H24FN3O5S2. The minimum Gasteiger partial charge on any atom is -0.497 e. The summed E-state index contributed by atoms with van der Waals surface area (Å²) in [4.78, 5) is 0.0414. The molecule has 0 aliphatic carbocycles. The number of anilines is 1. The summed E-state index contributed by atoms with van der Waals surface area (Å²) in [6.45, 7) is 1.54. The molecule has 0 bridgehead atoms. The minimum absolute atomic E-state index is 0.0414. The molecule has 0 saturated carbocycles. The van der Waals surface area contributed by atoms with Crippen LogP contribution in [0.1, 0.15) is 30.5 Å². The summed E-state index contributed by atoms with van der Waals surface area (Å²) >= 11 is 0. The van der Waals surface area contributed by atoms with Crippen molar-refractivity contribution >= 4 is 31.4 Å². The van der Waals surface area contributed by atoms with Crippen LogP contribution in [0.5, 0.6) is 5.75 Å². The smallest absolute Gasteiger partial charge is 0.279 e. The molecule has 0 aromatic heterocycles. The highest BCUT2D eigenvalue weighted by molar-refractivity contribution is 7.92. The van der Waals surface area contributed by atoms with Crippen LogP contribution in [0.2, 0.25) is 0 Å². The molecule has 0 fully saturated rings. The number of rotatable bonds is 8. The first-order chi connectivity index (χ1) is 16.6. The predicted molar refractivity (Wildman–Crippen MR) is 132 cm³/mol. The lowest BCUT2D eigenvalue weighted by Crippen LogP contribution is -2.27. The van der Waals surface area contributed by atoms with Crippen molar-refractivity contribution in [1.82, 2.24) is 4.41 Å². The molecular weight excluding hydrogens is 493 g/mol. The SMILES string of the molecule is CCS(=O)(=O)Nc1ccc(C2=NN(S(=O)(=O)c3ccc(OC)cc3)[C@@H](c3ccc(F)cc3)C2)cc1. The molecule has 1 heterocycles. The van der Waals surface area contributed by atoms with Gasteiger partial charge in [0.25, 0.3) is 10.0 Å².